The summed E-state index contributed by atoms with van der Waals surface area (Å²) in [6.07, 6.45) is 2.77. The zero-order valence-electron chi connectivity index (χ0n) is 16.6. The molecule has 0 saturated heterocycles. The number of aromatic hydroxyl groups is 1. The maximum atomic E-state index is 9.92. The Morgan fingerprint density at radius 3 is 2.89 bits per heavy atom. The van der Waals surface area contributed by atoms with Gasteiger partial charge >= 0.3 is 0 Å². The van der Waals surface area contributed by atoms with Crippen LogP contribution in [0.3, 0.4) is 0 Å². The predicted molar refractivity (Wildman–Crippen MR) is 120 cm³/mol. The lowest BCUT2D eigenvalue weighted by atomic mass is 10.1. The molecular weight excluding hydrogens is 471 g/mol. The molecule has 0 amide bonds. The van der Waals surface area contributed by atoms with Crippen molar-refractivity contribution in [3.63, 3.8) is 0 Å². The van der Waals surface area contributed by atoms with E-state index in [1.165, 1.54) is 7.11 Å². The summed E-state index contributed by atoms with van der Waals surface area (Å²) in [7, 11) is 1.54. The van der Waals surface area contributed by atoms with Gasteiger partial charge in [-0.3, -0.25) is 0 Å². The van der Waals surface area contributed by atoms with Crippen LogP contribution in [-0.4, -0.2) is 45.5 Å². The number of aromatic nitrogens is 3. The average Bonchev–Trinajstić information content (AvgIpc) is 3.09. The Balaban J connectivity index is 0.00000280. The molecule has 2 heterocycles. The molecule has 0 saturated carbocycles. The number of guanidine groups is 1. The summed E-state index contributed by atoms with van der Waals surface area (Å²) in [6.45, 7) is 6.15. The molecule has 1 aliphatic rings. The molecule has 8 nitrogen and oxygen atoms in total. The van der Waals surface area contributed by atoms with E-state index >= 15 is 0 Å². The van der Waals surface area contributed by atoms with Gasteiger partial charge in [-0.15, -0.1) is 24.0 Å². The maximum Gasteiger partial charge on any atom is 0.191 e. The summed E-state index contributed by atoms with van der Waals surface area (Å²) in [4.78, 5) is 9.21. The van der Waals surface area contributed by atoms with E-state index in [-0.39, 0.29) is 35.8 Å². The van der Waals surface area contributed by atoms with Crippen molar-refractivity contribution >= 4 is 29.9 Å². The summed E-state index contributed by atoms with van der Waals surface area (Å²) in [5.74, 6) is 3.33. The molecule has 0 aliphatic carbocycles. The van der Waals surface area contributed by atoms with Crippen LogP contribution < -0.4 is 15.4 Å². The SMILES string of the molecule is CCNC(=NCc1ccc(OC)c(O)c1)NC1CCc2nc(CC)nn2C1.I. The fourth-order valence-corrected chi connectivity index (χ4v) is 3.15. The zero-order chi connectivity index (χ0) is 19.2. The Morgan fingerprint density at radius 2 is 2.21 bits per heavy atom. The standard InChI is InChI=1S/C19H28N6O2.HI/c1-4-17-23-18-9-7-14(12-25(18)24-17)22-19(20-5-2)21-11-13-6-8-16(27-3)15(26)10-13;/h6,8,10,14,26H,4-5,7,9,11-12H2,1-3H3,(H2,20,21,22);1H. The van der Waals surface area contributed by atoms with Gasteiger partial charge in [0.1, 0.15) is 5.82 Å². The first-order valence-corrected chi connectivity index (χ1v) is 9.46. The first kappa shape index (κ1) is 22.3. The summed E-state index contributed by atoms with van der Waals surface area (Å²) in [6, 6.07) is 5.59. The van der Waals surface area contributed by atoms with Gasteiger partial charge in [0.2, 0.25) is 0 Å². The van der Waals surface area contributed by atoms with Gasteiger partial charge in [0.25, 0.3) is 0 Å². The van der Waals surface area contributed by atoms with Crippen LogP contribution in [0, 0.1) is 0 Å². The zero-order valence-corrected chi connectivity index (χ0v) is 18.9. The first-order valence-electron chi connectivity index (χ1n) is 9.46. The van der Waals surface area contributed by atoms with Crippen LogP contribution in [-0.2, 0) is 25.9 Å². The van der Waals surface area contributed by atoms with Crippen molar-refractivity contribution in [2.45, 2.75) is 52.2 Å². The minimum atomic E-state index is 0. The number of nitrogens with zero attached hydrogens (tertiary/aromatic N) is 4. The van der Waals surface area contributed by atoms with Crippen molar-refractivity contribution in [3.05, 3.63) is 35.4 Å². The molecule has 154 valence electrons. The summed E-state index contributed by atoms with van der Waals surface area (Å²) in [5, 5.41) is 21.3. The molecule has 3 rings (SSSR count). The fourth-order valence-electron chi connectivity index (χ4n) is 3.15. The minimum Gasteiger partial charge on any atom is -0.504 e. The highest BCUT2D eigenvalue weighted by molar-refractivity contribution is 14.0. The number of phenolic OH excluding ortho intramolecular Hbond substituents is 1. The minimum absolute atomic E-state index is 0. The molecule has 28 heavy (non-hydrogen) atoms. The number of fused-ring (bicyclic) bond motifs is 1. The van der Waals surface area contributed by atoms with Gasteiger partial charge in [0.15, 0.2) is 23.3 Å². The largest absolute Gasteiger partial charge is 0.504 e. The van der Waals surface area contributed by atoms with Gasteiger partial charge in [-0.25, -0.2) is 14.7 Å². The molecule has 1 aliphatic heterocycles. The van der Waals surface area contributed by atoms with Crippen LogP contribution in [0.5, 0.6) is 11.5 Å². The number of phenols is 1. The first-order chi connectivity index (χ1) is 13.1. The lowest BCUT2D eigenvalue weighted by Crippen LogP contribution is -2.47. The predicted octanol–water partition coefficient (Wildman–Crippen LogP) is 2.24. The van der Waals surface area contributed by atoms with Crippen molar-refractivity contribution in [2.75, 3.05) is 13.7 Å². The monoisotopic (exact) mass is 500 g/mol. The number of hydrogen-bond donors (Lipinski definition) is 3. The number of nitrogens with one attached hydrogen (secondary N) is 2. The Labute approximate surface area is 182 Å². The molecule has 9 heteroatoms. The second-order valence-corrected chi connectivity index (χ2v) is 6.56. The quantitative estimate of drug-likeness (QED) is 0.320. The number of halogens is 1. The van der Waals surface area contributed by atoms with E-state index in [9.17, 15) is 5.11 Å². The highest BCUT2D eigenvalue weighted by atomic mass is 127. The van der Waals surface area contributed by atoms with Crippen LogP contribution in [0.25, 0.3) is 0 Å². The normalized spacial score (nSPS) is 16.1. The molecular formula is C19H29IN6O2. The Morgan fingerprint density at radius 1 is 1.39 bits per heavy atom. The molecule has 0 fully saturated rings. The fraction of sp³-hybridized carbons (Fsp3) is 0.526. The van der Waals surface area contributed by atoms with Crippen molar-refractivity contribution < 1.29 is 9.84 Å². The van der Waals surface area contributed by atoms with Crippen LogP contribution in [0.15, 0.2) is 23.2 Å². The number of aryl methyl sites for hydroxylation is 2. The van der Waals surface area contributed by atoms with Gasteiger partial charge < -0.3 is 20.5 Å². The highest BCUT2D eigenvalue weighted by Crippen LogP contribution is 2.26. The van der Waals surface area contributed by atoms with E-state index in [2.05, 4.69) is 32.6 Å². The molecule has 1 unspecified atom stereocenters. The Kier molecular flexibility index (Phi) is 8.34. The number of ether oxygens (including phenoxy) is 1. The second kappa shape index (κ2) is 10.5. The summed E-state index contributed by atoms with van der Waals surface area (Å²) in [5.41, 5.74) is 0.917. The van der Waals surface area contributed by atoms with E-state index in [4.69, 9.17) is 4.74 Å². The molecule has 2 aromatic rings. The third-order valence-corrected chi connectivity index (χ3v) is 4.57. The number of hydrogen-bond acceptors (Lipinski definition) is 5. The van der Waals surface area contributed by atoms with E-state index in [0.29, 0.717) is 12.3 Å². The third kappa shape index (κ3) is 5.49. The van der Waals surface area contributed by atoms with Gasteiger partial charge in [-0.2, -0.15) is 5.10 Å². The van der Waals surface area contributed by atoms with E-state index in [1.54, 1.807) is 12.1 Å². The highest BCUT2D eigenvalue weighted by Gasteiger charge is 2.22. The second-order valence-electron chi connectivity index (χ2n) is 6.56. The van der Waals surface area contributed by atoms with Crippen LogP contribution in [0.2, 0.25) is 0 Å². The van der Waals surface area contributed by atoms with E-state index < -0.39 is 0 Å². The summed E-state index contributed by atoms with van der Waals surface area (Å²) >= 11 is 0. The number of benzene rings is 1. The van der Waals surface area contributed by atoms with E-state index in [0.717, 1.165) is 55.5 Å². The molecule has 1 aromatic carbocycles. The van der Waals surface area contributed by atoms with Gasteiger partial charge in [-0.05, 0) is 31.0 Å². The van der Waals surface area contributed by atoms with Gasteiger partial charge in [0, 0.05) is 25.4 Å². The molecule has 3 N–H and O–H groups in total. The smallest absolute Gasteiger partial charge is 0.191 e. The Bertz CT molecular complexity index is 808. The molecule has 0 spiro atoms. The summed E-state index contributed by atoms with van der Waals surface area (Å²) < 4.78 is 7.08. The van der Waals surface area contributed by atoms with Crippen molar-refractivity contribution in [2.24, 2.45) is 4.99 Å². The van der Waals surface area contributed by atoms with Gasteiger partial charge in [-0.1, -0.05) is 13.0 Å². The Hall–Kier alpha value is -2.04. The molecule has 0 bridgehead atoms. The number of rotatable bonds is 6. The van der Waals surface area contributed by atoms with Crippen LogP contribution in [0.4, 0.5) is 0 Å². The topological polar surface area (TPSA) is 96.6 Å². The number of aliphatic imine (C=N–C) groups is 1. The molecule has 0 radical (unpaired) electrons. The van der Waals surface area contributed by atoms with Gasteiger partial charge in [0.05, 0.1) is 20.2 Å². The molecule has 1 atom stereocenters. The van der Waals surface area contributed by atoms with E-state index in [1.807, 2.05) is 17.7 Å². The average molecular weight is 500 g/mol. The van der Waals surface area contributed by atoms with Crippen molar-refractivity contribution in [3.8, 4) is 11.5 Å². The lowest BCUT2D eigenvalue weighted by Gasteiger charge is -2.25. The third-order valence-electron chi connectivity index (χ3n) is 4.57. The lowest BCUT2D eigenvalue weighted by molar-refractivity contribution is 0.373. The van der Waals surface area contributed by atoms with Crippen LogP contribution >= 0.6 is 24.0 Å². The maximum absolute atomic E-state index is 9.92. The van der Waals surface area contributed by atoms with Crippen LogP contribution in [0.1, 0.15) is 37.5 Å². The molecule has 1 aromatic heterocycles. The number of methoxy groups -OCH3 is 1. The van der Waals surface area contributed by atoms with Crippen molar-refractivity contribution in [1.82, 2.24) is 25.4 Å². The van der Waals surface area contributed by atoms with Crippen molar-refractivity contribution in [1.29, 1.82) is 0 Å².